The third-order valence-corrected chi connectivity index (χ3v) is 3.97. The molecular formula is C18H27N5O. The minimum Gasteiger partial charge on any atom is -0.332 e. The van der Waals surface area contributed by atoms with Gasteiger partial charge in [0.1, 0.15) is 0 Å². The SMILES string of the molecule is Cc1nn(C(C)(C)C)cc1[C@@H](C)NC(=O)N[C@H](C)c1cccnc1. The lowest BCUT2D eigenvalue weighted by molar-refractivity contribution is 0.235. The van der Waals surface area contributed by atoms with Crippen LogP contribution in [-0.2, 0) is 5.54 Å². The topological polar surface area (TPSA) is 71.8 Å². The lowest BCUT2D eigenvalue weighted by atomic mass is 10.1. The Balaban J connectivity index is 2.00. The van der Waals surface area contributed by atoms with Gasteiger partial charge in [-0.05, 0) is 53.2 Å². The fourth-order valence-electron chi connectivity index (χ4n) is 2.47. The molecule has 2 heterocycles. The number of aryl methyl sites for hydroxylation is 1. The molecule has 0 radical (unpaired) electrons. The standard InChI is InChI=1S/C18H27N5O/c1-12(15-8-7-9-19-10-15)20-17(24)21-13(2)16-11-23(18(4,5)6)22-14(16)3/h7-13H,1-6H3,(H2,20,21,24)/t12-,13-/m1/s1. The minimum absolute atomic E-state index is 0.0835. The second-order valence-corrected chi connectivity index (χ2v) is 7.13. The van der Waals surface area contributed by atoms with E-state index < -0.39 is 0 Å². The van der Waals surface area contributed by atoms with Crippen LogP contribution < -0.4 is 10.6 Å². The number of carbonyl (C=O) groups excluding carboxylic acids is 1. The van der Waals surface area contributed by atoms with Crippen molar-refractivity contribution in [2.75, 3.05) is 0 Å². The number of hydrogen-bond acceptors (Lipinski definition) is 3. The number of amides is 2. The Morgan fingerprint density at radius 1 is 1.21 bits per heavy atom. The molecule has 6 nitrogen and oxygen atoms in total. The van der Waals surface area contributed by atoms with Crippen molar-refractivity contribution in [2.24, 2.45) is 0 Å². The van der Waals surface area contributed by atoms with Crippen LogP contribution in [0.25, 0.3) is 0 Å². The summed E-state index contributed by atoms with van der Waals surface area (Å²) in [5, 5.41) is 10.5. The number of hydrogen-bond donors (Lipinski definition) is 2. The second-order valence-electron chi connectivity index (χ2n) is 7.13. The molecule has 2 N–H and O–H groups in total. The van der Waals surface area contributed by atoms with Crippen molar-refractivity contribution < 1.29 is 4.79 Å². The average Bonchev–Trinajstić information content (AvgIpc) is 2.90. The van der Waals surface area contributed by atoms with Crippen molar-refractivity contribution in [2.45, 2.75) is 59.2 Å². The second kappa shape index (κ2) is 7.03. The van der Waals surface area contributed by atoms with E-state index in [1.54, 1.807) is 12.4 Å². The molecule has 0 aliphatic carbocycles. The van der Waals surface area contributed by atoms with Crippen LogP contribution in [0.5, 0.6) is 0 Å². The van der Waals surface area contributed by atoms with Gasteiger partial charge in [-0.15, -0.1) is 0 Å². The van der Waals surface area contributed by atoms with E-state index in [-0.39, 0.29) is 23.7 Å². The maximum Gasteiger partial charge on any atom is 0.315 e. The van der Waals surface area contributed by atoms with Crippen LogP contribution in [0.3, 0.4) is 0 Å². The van der Waals surface area contributed by atoms with Crippen LogP contribution in [-0.4, -0.2) is 20.8 Å². The summed E-state index contributed by atoms with van der Waals surface area (Å²) in [6.07, 6.45) is 5.48. The molecule has 0 saturated carbocycles. The van der Waals surface area contributed by atoms with E-state index in [1.807, 2.05) is 43.8 Å². The van der Waals surface area contributed by atoms with Gasteiger partial charge in [0.05, 0.1) is 23.3 Å². The molecular weight excluding hydrogens is 302 g/mol. The highest BCUT2D eigenvalue weighted by molar-refractivity contribution is 5.74. The molecule has 2 aromatic heterocycles. The van der Waals surface area contributed by atoms with E-state index in [0.29, 0.717) is 0 Å². The van der Waals surface area contributed by atoms with E-state index >= 15 is 0 Å². The first kappa shape index (κ1) is 18.0. The summed E-state index contributed by atoms with van der Waals surface area (Å²) in [4.78, 5) is 16.3. The smallest absolute Gasteiger partial charge is 0.315 e. The number of nitrogens with zero attached hydrogens (tertiary/aromatic N) is 3. The van der Waals surface area contributed by atoms with E-state index in [2.05, 4.69) is 41.5 Å². The molecule has 0 spiro atoms. The summed E-state index contributed by atoms with van der Waals surface area (Å²) in [5.74, 6) is 0. The summed E-state index contributed by atoms with van der Waals surface area (Å²) in [6, 6.07) is 3.37. The highest BCUT2D eigenvalue weighted by Crippen LogP contribution is 2.21. The Hall–Kier alpha value is -2.37. The quantitative estimate of drug-likeness (QED) is 0.902. The molecule has 0 aliphatic heterocycles. The van der Waals surface area contributed by atoms with Gasteiger partial charge in [-0.2, -0.15) is 5.10 Å². The molecule has 0 fully saturated rings. The van der Waals surface area contributed by atoms with Crippen molar-refractivity contribution in [1.82, 2.24) is 25.4 Å². The van der Waals surface area contributed by atoms with Gasteiger partial charge < -0.3 is 10.6 Å². The summed E-state index contributed by atoms with van der Waals surface area (Å²) < 4.78 is 1.94. The summed E-state index contributed by atoms with van der Waals surface area (Å²) >= 11 is 0. The molecule has 130 valence electrons. The summed E-state index contributed by atoms with van der Waals surface area (Å²) in [6.45, 7) is 12.2. The molecule has 24 heavy (non-hydrogen) atoms. The Kier molecular flexibility index (Phi) is 5.26. The molecule has 2 atom stereocenters. The highest BCUT2D eigenvalue weighted by Gasteiger charge is 2.20. The third-order valence-electron chi connectivity index (χ3n) is 3.97. The first-order chi connectivity index (χ1) is 11.2. The number of pyridine rings is 1. The Morgan fingerprint density at radius 3 is 2.42 bits per heavy atom. The molecule has 6 heteroatoms. The zero-order chi connectivity index (χ0) is 17.9. The Labute approximate surface area is 143 Å². The predicted molar refractivity (Wildman–Crippen MR) is 94.7 cm³/mol. The first-order valence-corrected chi connectivity index (χ1v) is 8.22. The third kappa shape index (κ3) is 4.34. The number of nitrogens with one attached hydrogen (secondary N) is 2. The van der Waals surface area contributed by atoms with Gasteiger partial charge in [-0.25, -0.2) is 4.79 Å². The van der Waals surface area contributed by atoms with E-state index in [9.17, 15) is 4.79 Å². The number of urea groups is 1. The summed E-state index contributed by atoms with van der Waals surface area (Å²) in [7, 11) is 0. The molecule has 0 bridgehead atoms. The first-order valence-electron chi connectivity index (χ1n) is 8.22. The van der Waals surface area contributed by atoms with Crippen molar-refractivity contribution in [3.8, 4) is 0 Å². The molecule has 0 saturated heterocycles. The van der Waals surface area contributed by atoms with Crippen molar-refractivity contribution in [1.29, 1.82) is 0 Å². The number of aromatic nitrogens is 3. The molecule has 0 aromatic carbocycles. The van der Waals surface area contributed by atoms with Crippen molar-refractivity contribution in [3.05, 3.63) is 47.5 Å². The normalized spacial score (nSPS) is 14.1. The Bertz CT molecular complexity index is 687. The molecule has 2 amide bonds. The van der Waals surface area contributed by atoms with Crippen LogP contribution in [0.4, 0.5) is 4.79 Å². The molecule has 0 unspecified atom stereocenters. The van der Waals surface area contributed by atoms with Gasteiger partial charge >= 0.3 is 6.03 Å². The van der Waals surface area contributed by atoms with Gasteiger partial charge in [0.2, 0.25) is 0 Å². The largest absolute Gasteiger partial charge is 0.332 e. The molecule has 0 aliphatic rings. The van der Waals surface area contributed by atoms with Crippen LogP contribution in [0.1, 0.15) is 63.5 Å². The van der Waals surface area contributed by atoms with Gasteiger partial charge in [0.25, 0.3) is 0 Å². The van der Waals surface area contributed by atoms with Gasteiger partial charge in [-0.1, -0.05) is 6.07 Å². The van der Waals surface area contributed by atoms with E-state index in [4.69, 9.17) is 0 Å². The van der Waals surface area contributed by atoms with Crippen LogP contribution in [0.15, 0.2) is 30.7 Å². The van der Waals surface area contributed by atoms with Gasteiger partial charge in [-0.3, -0.25) is 9.67 Å². The van der Waals surface area contributed by atoms with Crippen molar-refractivity contribution >= 4 is 6.03 Å². The maximum atomic E-state index is 12.3. The fraction of sp³-hybridized carbons (Fsp3) is 0.500. The molecule has 2 aromatic rings. The van der Waals surface area contributed by atoms with Crippen molar-refractivity contribution in [3.63, 3.8) is 0 Å². The van der Waals surface area contributed by atoms with Crippen LogP contribution in [0, 0.1) is 6.92 Å². The van der Waals surface area contributed by atoms with Gasteiger partial charge in [0.15, 0.2) is 0 Å². The lowest BCUT2D eigenvalue weighted by Gasteiger charge is -2.19. The monoisotopic (exact) mass is 329 g/mol. The minimum atomic E-state index is -0.207. The number of carbonyl (C=O) groups is 1. The fourth-order valence-corrected chi connectivity index (χ4v) is 2.47. The van der Waals surface area contributed by atoms with Crippen LogP contribution in [0.2, 0.25) is 0 Å². The zero-order valence-corrected chi connectivity index (χ0v) is 15.3. The van der Waals surface area contributed by atoms with Crippen LogP contribution >= 0.6 is 0 Å². The molecule has 2 rings (SSSR count). The number of rotatable bonds is 4. The predicted octanol–water partition coefficient (Wildman–Crippen LogP) is 3.46. The zero-order valence-electron chi connectivity index (χ0n) is 15.3. The lowest BCUT2D eigenvalue weighted by Crippen LogP contribution is -2.38. The maximum absolute atomic E-state index is 12.3. The van der Waals surface area contributed by atoms with E-state index in [0.717, 1.165) is 16.8 Å². The van der Waals surface area contributed by atoms with Gasteiger partial charge in [0, 0.05) is 24.2 Å². The Morgan fingerprint density at radius 2 is 1.88 bits per heavy atom. The summed E-state index contributed by atoms with van der Waals surface area (Å²) in [5.41, 5.74) is 2.84. The average molecular weight is 329 g/mol. The highest BCUT2D eigenvalue weighted by atomic mass is 16.2. The van der Waals surface area contributed by atoms with E-state index in [1.165, 1.54) is 0 Å².